The van der Waals surface area contributed by atoms with Crippen LogP contribution in [0, 0.1) is 11.8 Å². The number of aliphatic hydroxyl groups excluding tert-OH is 1. The summed E-state index contributed by atoms with van der Waals surface area (Å²) in [7, 11) is -3.14. The predicted molar refractivity (Wildman–Crippen MR) is 70.9 cm³/mol. The Bertz CT molecular complexity index is 425. The van der Waals surface area contributed by atoms with Gasteiger partial charge in [-0.25, -0.2) is 12.7 Å². The lowest BCUT2D eigenvalue weighted by molar-refractivity contribution is -0.126. The smallest absolute Gasteiger partial charge is 0.223 e. The first-order valence-corrected chi connectivity index (χ1v) is 8.63. The van der Waals surface area contributed by atoms with Gasteiger partial charge in [0.1, 0.15) is 0 Å². The SMILES string of the molecule is CS(=O)(=O)N1CCC(C(=O)NCC(O)C2CC2)CC1. The Labute approximate surface area is 114 Å². The minimum atomic E-state index is -3.14. The quantitative estimate of drug-likeness (QED) is 0.718. The summed E-state index contributed by atoms with van der Waals surface area (Å²) >= 11 is 0. The number of rotatable bonds is 5. The van der Waals surface area contributed by atoms with Crippen molar-refractivity contribution in [3.05, 3.63) is 0 Å². The van der Waals surface area contributed by atoms with Gasteiger partial charge in [-0.05, 0) is 31.6 Å². The van der Waals surface area contributed by atoms with Crippen LogP contribution >= 0.6 is 0 Å². The largest absolute Gasteiger partial charge is 0.391 e. The molecule has 2 aliphatic rings. The number of nitrogens with one attached hydrogen (secondary N) is 1. The number of sulfonamides is 1. The summed E-state index contributed by atoms with van der Waals surface area (Å²) in [6.07, 6.45) is 3.96. The second-order valence-corrected chi connectivity index (χ2v) is 7.57. The maximum absolute atomic E-state index is 11.9. The highest BCUT2D eigenvalue weighted by Crippen LogP contribution is 2.32. The van der Waals surface area contributed by atoms with E-state index in [0.29, 0.717) is 38.4 Å². The summed E-state index contributed by atoms with van der Waals surface area (Å²) < 4.78 is 24.1. The zero-order valence-electron chi connectivity index (χ0n) is 11.2. The first kappa shape index (κ1) is 14.7. The minimum absolute atomic E-state index is 0.0622. The van der Waals surface area contributed by atoms with E-state index in [1.165, 1.54) is 10.6 Å². The summed E-state index contributed by atoms with van der Waals surface area (Å²) in [6, 6.07) is 0. The van der Waals surface area contributed by atoms with Crippen molar-refractivity contribution in [2.75, 3.05) is 25.9 Å². The Morgan fingerprint density at radius 3 is 2.37 bits per heavy atom. The Hall–Kier alpha value is -0.660. The number of piperidine rings is 1. The number of amides is 1. The molecule has 6 nitrogen and oxygen atoms in total. The van der Waals surface area contributed by atoms with Crippen LogP contribution < -0.4 is 5.32 Å². The van der Waals surface area contributed by atoms with Crippen LogP contribution in [-0.2, 0) is 14.8 Å². The second-order valence-electron chi connectivity index (χ2n) is 5.59. The van der Waals surface area contributed by atoms with Crippen LogP contribution in [0.2, 0.25) is 0 Å². The van der Waals surface area contributed by atoms with Crippen molar-refractivity contribution in [2.24, 2.45) is 11.8 Å². The Kier molecular flexibility index (Phi) is 4.47. The molecule has 19 heavy (non-hydrogen) atoms. The maximum Gasteiger partial charge on any atom is 0.223 e. The molecular formula is C12H22N2O4S. The van der Waals surface area contributed by atoms with Crippen molar-refractivity contribution in [1.82, 2.24) is 9.62 Å². The van der Waals surface area contributed by atoms with E-state index in [4.69, 9.17) is 0 Å². The molecule has 1 amide bonds. The Balaban J connectivity index is 1.72. The van der Waals surface area contributed by atoms with Crippen molar-refractivity contribution in [3.63, 3.8) is 0 Å². The van der Waals surface area contributed by atoms with Crippen LogP contribution in [0.1, 0.15) is 25.7 Å². The van der Waals surface area contributed by atoms with Crippen molar-refractivity contribution in [2.45, 2.75) is 31.8 Å². The summed E-state index contributed by atoms with van der Waals surface area (Å²) in [4.78, 5) is 11.9. The number of carbonyl (C=O) groups is 1. The third-order valence-corrected chi connectivity index (χ3v) is 5.25. The fraction of sp³-hybridized carbons (Fsp3) is 0.917. The molecule has 110 valence electrons. The molecule has 0 bridgehead atoms. The van der Waals surface area contributed by atoms with Gasteiger partial charge in [0.15, 0.2) is 0 Å². The number of hydrogen-bond donors (Lipinski definition) is 2. The van der Waals surface area contributed by atoms with Crippen LogP contribution in [0.25, 0.3) is 0 Å². The standard InChI is InChI=1S/C12H22N2O4S/c1-19(17,18)14-6-4-10(5-7-14)12(16)13-8-11(15)9-2-3-9/h9-11,15H,2-8H2,1H3,(H,13,16). The number of carbonyl (C=O) groups excluding carboxylic acids is 1. The van der Waals surface area contributed by atoms with E-state index in [2.05, 4.69) is 5.32 Å². The average molecular weight is 290 g/mol. The van der Waals surface area contributed by atoms with Crippen LogP contribution in [-0.4, -0.2) is 55.7 Å². The summed E-state index contributed by atoms with van der Waals surface area (Å²) in [5, 5.41) is 12.5. The molecule has 0 aromatic heterocycles. The molecule has 1 unspecified atom stereocenters. The molecule has 2 fully saturated rings. The number of nitrogens with zero attached hydrogens (tertiary/aromatic N) is 1. The topological polar surface area (TPSA) is 86.7 Å². The Morgan fingerprint density at radius 2 is 1.89 bits per heavy atom. The maximum atomic E-state index is 11.9. The zero-order valence-corrected chi connectivity index (χ0v) is 12.0. The molecule has 1 atom stereocenters. The van der Waals surface area contributed by atoms with Crippen LogP contribution in [0.15, 0.2) is 0 Å². The summed E-state index contributed by atoms with van der Waals surface area (Å²) in [5.41, 5.74) is 0. The van der Waals surface area contributed by atoms with Gasteiger partial charge in [0.2, 0.25) is 15.9 Å². The molecule has 0 radical (unpaired) electrons. The minimum Gasteiger partial charge on any atom is -0.391 e. The molecule has 1 saturated heterocycles. The van der Waals surface area contributed by atoms with Crippen molar-refractivity contribution < 1.29 is 18.3 Å². The van der Waals surface area contributed by atoms with Gasteiger partial charge in [0, 0.05) is 25.6 Å². The first-order valence-electron chi connectivity index (χ1n) is 6.79. The molecule has 0 spiro atoms. The molecular weight excluding hydrogens is 268 g/mol. The van der Waals surface area contributed by atoms with E-state index in [9.17, 15) is 18.3 Å². The predicted octanol–water partition coefficient (Wildman–Crippen LogP) is -0.455. The van der Waals surface area contributed by atoms with Gasteiger partial charge in [0.25, 0.3) is 0 Å². The molecule has 1 saturated carbocycles. The van der Waals surface area contributed by atoms with E-state index in [1.54, 1.807) is 0 Å². The van der Waals surface area contributed by atoms with Crippen molar-refractivity contribution in [1.29, 1.82) is 0 Å². The third-order valence-electron chi connectivity index (χ3n) is 3.95. The van der Waals surface area contributed by atoms with E-state index in [1.807, 2.05) is 0 Å². The lowest BCUT2D eigenvalue weighted by Gasteiger charge is -2.29. The van der Waals surface area contributed by atoms with Gasteiger partial charge in [0.05, 0.1) is 12.4 Å². The summed E-state index contributed by atoms with van der Waals surface area (Å²) in [6.45, 7) is 1.12. The van der Waals surface area contributed by atoms with Crippen LogP contribution in [0.4, 0.5) is 0 Å². The van der Waals surface area contributed by atoms with E-state index in [0.717, 1.165) is 12.8 Å². The molecule has 0 aromatic carbocycles. The van der Waals surface area contributed by atoms with Gasteiger partial charge >= 0.3 is 0 Å². The van der Waals surface area contributed by atoms with Gasteiger partial charge in [-0.3, -0.25) is 4.79 Å². The van der Waals surface area contributed by atoms with Gasteiger partial charge in [-0.2, -0.15) is 0 Å². The highest BCUT2D eigenvalue weighted by Gasteiger charge is 2.32. The van der Waals surface area contributed by atoms with Gasteiger partial charge in [-0.1, -0.05) is 0 Å². The molecule has 1 aliphatic heterocycles. The normalized spacial score (nSPS) is 24.1. The van der Waals surface area contributed by atoms with Crippen molar-refractivity contribution in [3.8, 4) is 0 Å². The van der Waals surface area contributed by atoms with Crippen LogP contribution in [0.3, 0.4) is 0 Å². The first-order chi connectivity index (χ1) is 8.88. The molecule has 7 heteroatoms. The van der Waals surface area contributed by atoms with Crippen molar-refractivity contribution >= 4 is 15.9 Å². The second kappa shape index (κ2) is 5.76. The van der Waals surface area contributed by atoms with Gasteiger partial charge in [-0.15, -0.1) is 0 Å². The molecule has 2 N–H and O–H groups in total. The highest BCUT2D eigenvalue weighted by molar-refractivity contribution is 7.88. The van der Waals surface area contributed by atoms with E-state index in [-0.39, 0.29) is 11.8 Å². The lowest BCUT2D eigenvalue weighted by atomic mass is 9.97. The van der Waals surface area contributed by atoms with E-state index < -0.39 is 16.1 Å². The summed E-state index contributed by atoms with van der Waals surface area (Å²) in [5.74, 6) is 0.157. The molecule has 0 aromatic rings. The van der Waals surface area contributed by atoms with Crippen LogP contribution in [0.5, 0.6) is 0 Å². The fourth-order valence-electron chi connectivity index (χ4n) is 2.45. The average Bonchev–Trinajstić information content (AvgIpc) is 3.19. The molecule has 2 rings (SSSR count). The number of hydrogen-bond acceptors (Lipinski definition) is 4. The Morgan fingerprint density at radius 1 is 1.32 bits per heavy atom. The molecule has 1 aliphatic carbocycles. The molecule has 1 heterocycles. The zero-order chi connectivity index (χ0) is 14.0. The third kappa shape index (κ3) is 4.15. The monoisotopic (exact) mass is 290 g/mol. The lowest BCUT2D eigenvalue weighted by Crippen LogP contribution is -2.44. The fourth-order valence-corrected chi connectivity index (χ4v) is 3.32. The number of aliphatic hydroxyl groups is 1. The highest BCUT2D eigenvalue weighted by atomic mass is 32.2. The van der Waals surface area contributed by atoms with Gasteiger partial charge < -0.3 is 10.4 Å². The van der Waals surface area contributed by atoms with E-state index >= 15 is 0 Å².